The van der Waals surface area contributed by atoms with E-state index in [0.29, 0.717) is 31.7 Å². The zero-order valence-electron chi connectivity index (χ0n) is 14.3. The second-order valence-electron chi connectivity index (χ2n) is 5.94. The standard InChI is InChI=1S/C17H23N3O5/c1-25-13-7-8-15(20(23)24)14(12-13)17(22)18-9-5-11-19-10-4-2-3-6-16(19)21/h7-8,12H,2-6,9-11H2,1H3,(H,18,22). The minimum atomic E-state index is -0.593. The summed E-state index contributed by atoms with van der Waals surface area (Å²) >= 11 is 0. The third kappa shape index (κ3) is 5.17. The van der Waals surface area contributed by atoms with Crippen molar-refractivity contribution in [1.82, 2.24) is 10.2 Å². The molecule has 0 spiro atoms. The molecule has 1 N–H and O–H groups in total. The summed E-state index contributed by atoms with van der Waals surface area (Å²) in [6, 6.07) is 4.05. The van der Waals surface area contributed by atoms with E-state index >= 15 is 0 Å². The van der Waals surface area contributed by atoms with Crippen molar-refractivity contribution in [3.8, 4) is 5.75 Å². The van der Waals surface area contributed by atoms with Crippen molar-refractivity contribution in [3.63, 3.8) is 0 Å². The smallest absolute Gasteiger partial charge is 0.282 e. The molecule has 0 unspecified atom stereocenters. The lowest BCUT2D eigenvalue weighted by atomic mass is 10.1. The molecule has 8 nitrogen and oxygen atoms in total. The molecule has 0 aliphatic carbocycles. The Balaban J connectivity index is 1.89. The molecule has 0 radical (unpaired) electrons. The third-order valence-corrected chi connectivity index (χ3v) is 4.21. The summed E-state index contributed by atoms with van der Waals surface area (Å²) in [5.41, 5.74) is -0.295. The molecule has 0 atom stereocenters. The lowest BCUT2D eigenvalue weighted by Crippen LogP contribution is -2.34. The molecule has 1 fully saturated rings. The molecule has 0 saturated carbocycles. The van der Waals surface area contributed by atoms with E-state index in [4.69, 9.17) is 4.74 Å². The van der Waals surface area contributed by atoms with Gasteiger partial charge in [-0.2, -0.15) is 0 Å². The molecule has 2 rings (SSSR count). The Bertz CT molecular complexity index is 647. The van der Waals surface area contributed by atoms with Gasteiger partial charge in [-0.3, -0.25) is 19.7 Å². The molecule has 0 aromatic heterocycles. The molecule has 1 heterocycles. The molecule has 1 aromatic rings. The van der Waals surface area contributed by atoms with Crippen molar-refractivity contribution >= 4 is 17.5 Å². The molecule has 8 heteroatoms. The van der Waals surface area contributed by atoms with E-state index in [1.807, 2.05) is 4.90 Å². The van der Waals surface area contributed by atoms with Crippen LogP contribution in [0.4, 0.5) is 5.69 Å². The van der Waals surface area contributed by atoms with Crippen LogP contribution in [0.25, 0.3) is 0 Å². The maximum absolute atomic E-state index is 12.3. The molecule has 1 aliphatic heterocycles. The maximum atomic E-state index is 12.3. The minimum absolute atomic E-state index is 0.0322. The predicted octanol–water partition coefficient (Wildman–Crippen LogP) is 2.13. The third-order valence-electron chi connectivity index (χ3n) is 4.21. The van der Waals surface area contributed by atoms with Gasteiger partial charge in [-0.1, -0.05) is 6.42 Å². The number of rotatable bonds is 7. The Kier molecular flexibility index (Phi) is 6.73. The van der Waals surface area contributed by atoms with Crippen LogP contribution >= 0.6 is 0 Å². The van der Waals surface area contributed by atoms with E-state index in [0.717, 1.165) is 25.8 Å². The van der Waals surface area contributed by atoms with Gasteiger partial charge in [-0.15, -0.1) is 0 Å². The average Bonchev–Trinajstić information content (AvgIpc) is 2.82. The van der Waals surface area contributed by atoms with E-state index in [1.54, 1.807) is 0 Å². The van der Waals surface area contributed by atoms with Crippen LogP contribution in [-0.2, 0) is 4.79 Å². The van der Waals surface area contributed by atoms with Crippen LogP contribution in [0, 0.1) is 10.1 Å². The number of carbonyl (C=O) groups excluding carboxylic acids is 2. The predicted molar refractivity (Wildman–Crippen MR) is 91.6 cm³/mol. The molecular weight excluding hydrogens is 326 g/mol. The monoisotopic (exact) mass is 349 g/mol. The van der Waals surface area contributed by atoms with Gasteiger partial charge in [0.05, 0.1) is 12.0 Å². The number of hydrogen-bond donors (Lipinski definition) is 1. The van der Waals surface area contributed by atoms with Crippen LogP contribution in [0.3, 0.4) is 0 Å². The highest BCUT2D eigenvalue weighted by atomic mass is 16.6. The highest BCUT2D eigenvalue weighted by Crippen LogP contribution is 2.23. The fourth-order valence-electron chi connectivity index (χ4n) is 2.83. The molecule has 0 bridgehead atoms. The van der Waals surface area contributed by atoms with Gasteiger partial charge in [-0.25, -0.2) is 0 Å². The summed E-state index contributed by atoms with van der Waals surface area (Å²) in [6.45, 7) is 1.68. The van der Waals surface area contributed by atoms with Crippen LogP contribution in [0.15, 0.2) is 18.2 Å². The number of amides is 2. The average molecular weight is 349 g/mol. The second-order valence-corrected chi connectivity index (χ2v) is 5.94. The molecule has 1 aliphatic rings. The van der Waals surface area contributed by atoms with E-state index < -0.39 is 10.8 Å². The number of benzene rings is 1. The summed E-state index contributed by atoms with van der Waals surface area (Å²) in [4.78, 5) is 36.5. The number of ether oxygens (including phenoxy) is 1. The zero-order chi connectivity index (χ0) is 18.2. The summed E-state index contributed by atoms with van der Waals surface area (Å²) in [5.74, 6) is 0.0194. The number of likely N-dealkylation sites (tertiary alicyclic amines) is 1. The lowest BCUT2D eigenvalue weighted by Gasteiger charge is -2.20. The number of nitrogens with zero attached hydrogens (tertiary/aromatic N) is 2. The fraction of sp³-hybridized carbons (Fsp3) is 0.529. The Morgan fingerprint density at radius 1 is 1.36 bits per heavy atom. The summed E-state index contributed by atoms with van der Waals surface area (Å²) in [5, 5.41) is 13.8. The van der Waals surface area contributed by atoms with Gasteiger partial charge in [0.25, 0.3) is 11.6 Å². The quantitative estimate of drug-likeness (QED) is 0.461. The highest BCUT2D eigenvalue weighted by molar-refractivity contribution is 5.98. The van der Waals surface area contributed by atoms with Crippen LogP contribution in [0.1, 0.15) is 42.5 Å². The summed E-state index contributed by atoms with van der Waals surface area (Å²) < 4.78 is 5.02. The molecular formula is C17H23N3O5. The van der Waals surface area contributed by atoms with Gasteiger partial charge in [0, 0.05) is 32.1 Å². The first-order chi connectivity index (χ1) is 12.0. The first-order valence-electron chi connectivity index (χ1n) is 8.41. The zero-order valence-corrected chi connectivity index (χ0v) is 14.3. The first kappa shape index (κ1) is 18.7. The first-order valence-corrected chi connectivity index (χ1v) is 8.41. The highest BCUT2D eigenvalue weighted by Gasteiger charge is 2.21. The largest absolute Gasteiger partial charge is 0.497 e. The number of nitro groups is 1. The van der Waals surface area contributed by atoms with Crippen LogP contribution in [0.5, 0.6) is 5.75 Å². The fourth-order valence-corrected chi connectivity index (χ4v) is 2.83. The van der Waals surface area contributed by atoms with E-state index in [1.165, 1.54) is 25.3 Å². The topological polar surface area (TPSA) is 102 Å². The lowest BCUT2D eigenvalue weighted by molar-refractivity contribution is -0.385. The number of methoxy groups -OCH3 is 1. The van der Waals surface area contributed by atoms with Crippen molar-refractivity contribution in [2.45, 2.75) is 32.1 Å². The van der Waals surface area contributed by atoms with Crippen molar-refractivity contribution < 1.29 is 19.2 Å². The molecule has 136 valence electrons. The van der Waals surface area contributed by atoms with Gasteiger partial charge >= 0.3 is 0 Å². The maximum Gasteiger partial charge on any atom is 0.282 e. The number of hydrogen-bond acceptors (Lipinski definition) is 5. The van der Waals surface area contributed by atoms with E-state index in [2.05, 4.69) is 5.32 Å². The van der Waals surface area contributed by atoms with Gasteiger partial charge in [-0.05, 0) is 31.4 Å². The van der Waals surface area contributed by atoms with Gasteiger partial charge in [0.1, 0.15) is 11.3 Å². The van der Waals surface area contributed by atoms with Crippen molar-refractivity contribution in [3.05, 3.63) is 33.9 Å². The molecule has 1 saturated heterocycles. The van der Waals surface area contributed by atoms with Crippen LogP contribution < -0.4 is 10.1 Å². The summed E-state index contributed by atoms with van der Waals surface area (Å²) in [6.07, 6.45) is 4.20. The van der Waals surface area contributed by atoms with Crippen LogP contribution in [0.2, 0.25) is 0 Å². The van der Waals surface area contributed by atoms with Gasteiger partial charge in [0.15, 0.2) is 0 Å². The SMILES string of the molecule is COc1ccc([N+](=O)[O-])c(C(=O)NCCCN2CCCCCC2=O)c1. The van der Waals surface area contributed by atoms with Gasteiger partial charge in [0.2, 0.25) is 5.91 Å². The normalized spacial score (nSPS) is 14.8. The van der Waals surface area contributed by atoms with Gasteiger partial charge < -0.3 is 15.0 Å². The Labute approximate surface area is 146 Å². The molecule has 25 heavy (non-hydrogen) atoms. The van der Waals surface area contributed by atoms with Crippen molar-refractivity contribution in [2.24, 2.45) is 0 Å². The second kappa shape index (κ2) is 9.00. The van der Waals surface area contributed by atoms with Crippen LogP contribution in [-0.4, -0.2) is 48.4 Å². The Morgan fingerprint density at radius 3 is 2.88 bits per heavy atom. The van der Waals surface area contributed by atoms with Crippen molar-refractivity contribution in [1.29, 1.82) is 0 Å². The van der Waals surface area contributed by atoms with E-state index in [9.17, 15) is 19.7 Å². The number of nitrogens with one attached hydrogen (secondary N) is 1. The molecule has 2 amide bonds. The van der Waals surface area contributed by atoms with E-state index in [-0.39, 0.29) is 17.2 Å². The minimum Gasteiger partial charge on any atom is -0.497 e. The Morgan fingerprint density at radius 2 is 2.16 bits per heavy atom. The van der Waals surface area contributed by atoms with Crippen molar-refractivity contribution in [2.75, 3.05) is 26.7 Å². The number of carbonyl (C=O) groups is 2. The molecule has 1 aromatic carbocycles. The Hall–Kier alpha value is -2.64. The summed E-state index contributed by atoms with van der Waals surface area (Å²) in [7, 11) is 1.43. The number of nitro benzene ring substituents is 1.